The molecule has 0 radical (unpaired) electrons. The molecule has 0 saturated carbocycles. The van der Waals surface area contributed by atoms with Gasteiger partial charge in [-0.05, 0) is 44.5 Å². The van der Waals surface area contributed by atoms with Gasteiger partial charge >= 0.3 is 0 Å². The normalized spacial score (nSPS) is 19.3. The van der Waals surface area contributed by atoms with Crippen LogP contribution in [0.15, 0.2) is 24.3 Å². The average Bonchev–Trinajstić information content (AvgIpc) is 2.38. The molecule has 1 aliphatic heterocycles. The predicted octanol–water partition coefficient (Wildman–Crippen LogP) is 2.15. The van der Waals surface area contributed by atoms with Crippen LogP contribution in [-0.2, 0) is 4.74 Å². The second-order valence-corrected chi connectivity index (χ2v) is 5.62. The topological polar surface area (TPSA) is 47.7 Å². The molecule has 19 heavy (non-hydrogen) atoms. The molecule has 1 heterocycles. The second kappa shape index (κ2) is 6.26. The van der Waals surface area contributed by atoms with Crippen molar-refractivity contribution >= 4 is 5.69 Å². The van der Waals surface area contributed by atoms with Gasteiger partial charge in [0.25, 0.3) is 0 Å². The van der Waals surface area contributed by atoms with Crippen molar-refractivity contribution in [1.82, 2.24) is 4.90 Å². The lowest BCUT2D eigenvalue weighted by Gasteiger charge is -2.42. The van der Waals surface area contributed by atoms with E-state index < -0.39 is 0 Å². The summed E-state index contributed by atoms with van der Waals surface area (Å²) in [4.78, 5) is 2.48. The fourth-order valence-corrected chi connectivity index (χ4v) is 2.31. The maximum absolute atomic E-state index is 5.71. The quantitative estimate of drug-likeness (QED) is 0.654. The van der Waals surface area contributed by atoms with Crippen molar-refractivity contribution in [2.45, 2.75) is 25.8 Å². The van der Waals surface area contributed by atoms with Gasteiger partial charge < -0.3 is 15.2 Å². The Hall–Kier alpha value is -1.26. The third-order valence-electron chi connectivity index (χ3n) is 3.54. The van der Waals surface area contributed by atoms with E-state index in [1.165, 1.54) is 0 Å². The molecule has 1 aromatic rings. The van der Waals surface area contributed by atoms with E-state index in [0.29, 0.717) is 0 Å². The SMILES string of the molecule is CC1(C)COCCN1CCCOc1ccc(N)cc1. The van der Waals surface area contributed by atoms with Crippen molar-refractivity contribution in [3.05, 3.63) is 24.3 Å². The van der Waals surface area contributed by atoms with Gasteiger partial charge in [-0.15, -0.1) is 0 Å². The lowest BCUT2D eigenvalue weighted by molar-refractivity contribution is -0.0521. The summed E-state index contributed by atoms with van der Waals surface area (Å²) in [6, 6.07) is 7.54. The Labute approximate surface area is 115 Å². The van der Waals surface area contributed by atoms with Crippen molar-refractivity contribution < 1.29 is 9.47 Å². The molecule has 0 amide bonds. The van der Waals surface area contributed by atoms with E-state index in [9.17, 15) is 0 Å². The number of nitrogens with two attached hydrogens (primary N) is 1. The zero-order chi connectivity index (χ0) is 13.7. The molecule has 106 valence electrons. The van der Waals surface area contributed by atoms with Crippen LogP contribution in [0.25, 0.3) is 0 Å². The number of nitrogens with zero attached hydrogens (tertiary/aromatic N) is 1. The lowest BCUT2D eigenvalue weighted by atomic mass is 10.0. The summed E-state index contributed by atoms with van der Waals surface area (Å²) in [6.45, 7) is 8.89. The zero-order valence-electron chi connectivity index (χ0n) is 11.9. The third-order valence-corrected chi connectivity index (χ3v) is 3.54. The first-order chi connectivity index (χ1) is 9.08. The van der Waals surface area contributed by atoms with Crippen molar-refractivity contribution in [2.75, 3.05) is 38.6 Å². The highest BCUT2D eigenvalue weighted by atomic mass is 16.5. The first-order valence-electron chi connectivity index (χ1n) is 6.89. The minimum atomic E-state index is 0.138. The Kier molecular flexibility index (Phi) is 4.66. The second-order valence-electron chi connectivity index (χ2n) is 5.62. The molecule has 0 unspecified atom stereocenters. The Morgan fingerprint density at radius 1 is 1.32 bits per heavy atom. The summed E-state index contributed by atoms with van der Waals surface area (Å²) in [7, 11) is 0. The van der Waals surface area contributed by atoms with E-state index in [1.807, 2.05) is 24.3 Å². The zero-order valence-corrected chi connectivity index (χ0v) is 11.9. The first-order valence-corrected chi connectivity index (χ1v) is 6.89. The monoisotopic (exact) mass is 264 g/mol. The van der Waals surface area contributed by atoms with Gasteiger partial charge in [-0.1, -0.05) is 0 Å². The number of ether oxygens (including phenoxy) is 2. The molecule has 1 aromatic carbocycles. The summed E-state index contributed by atoms with van der Waals surface area (Å²) in [6.07, 6.45) is 1.02. The van der Waals surface area contributed by atoms with Crippen LogP contribution >= 0.6 is 0 Å². The molecule has 0 atom stereocenters. The van der Waals surface area contributed by atoms with E-state index in [4.69, 9.17) is 15.2 Å². The molecule has 1 saturated heterocycles. The van der Waals surface area contributed by atoms with Crippen LogP contribution in [0.2, 0.25) is 0 Å². The molecule has 2 rings (SSSR count). The van der Waals surface area contributed by atoms with Gasteiger partial charge in [0, 0.05) is 24.3 Å². The highest BCUT2D eigenvalue weighted by Crippen LogP contribution is 2.19. The van der Waals surface area contributed by atoms with Gasteiger partial charge in [0.1, 0.15) is 5.75 Å². The molecule has 4 nitrogen and oxygen atoms in total. The van der Waals surface area contributed by atoms with Crippen LogP contribution in [0.3, 0.4) is 0 Å². The van der Waals surface area contributed by atoms with Crippen molar-refractivity contribution in [2.24, 2.45) is 0 Å². The van der Waals surface area contributed by atoms with Crippen LogP contribution in [-0.4, -0.2) is 43.3 Å². The molecule has 1 fully saturated rings. The van der Waals surface area contributed by atoms with Crippen molar-refractivity contribution in [3.8, 4) is 5.75 Å². The first kappa shape index (κ1) is 14.2. The van der Waals surface area contributed by atoms with Crippen molar-refractivity contribution in [1.29, 1.82) is 0 Å². The number of anilines is 1. The molecule has 1 aliphatic rings. The summed E-state index contributed by atoms with van der Waals surface area (Å²) in [5.41, 5.74) is 6.54. The number of hydrogen-bond donors (Lipinski definition) is 1. The lowest BCUT2D eigenvalue weighted by Crippen LogP contribution is -2.53. The highest BCUT2D eigenvalue weighted by molar-refractivity contribution is 5.41. The molecule has 4 heteroatoms. The number of morpholine rings is 1. The largest absolute Gasteiger partial charge is 0.494 e. The molecule has 0 aromatic heterocycles. The minimum absolute atomic E-state index is 0.138. The average molecular weight is 264 g/mol. The van der Waals surface area contributed by atoms with Crippen LogP contribution in [0.5, 0.6) is 5.75 Å². The van der Waals surface area contributed by atoms with Gasteiger partial charge in [0.05, 0.1) is 19.8 Å². The summed E-state index contributed by atoms with van der Waals surface area (Å²) in [5.74, 6) is 0.885. The number of hydrogen-bond acceptors (Lipinski definition) is 4. The third kappa shape index (κ3) is 4.11. The fourth-order valence-electron chi connectivity index (χ4n) is 2.31. The van der Waals surface area contributed by atoms with E-state index in [1.54, 1.807) is 0 Å². The van der Waals surface area contributed by atoms with Crippen LogP contribution in [0.1, 0.15) is 20.3 Å². The Morgan fingerprint density at radius 3 is 2.74 bits per heavy atom. The number of nitrogen functional groups attached to an aromatic ring is 1. The Balaban J connectivity index is 1.70. The minimum Gasteiger partial charge on any atom is -0.494 e. The van der Waals surface area contributed by atoms with Gasteiger partial charge in [0.2, 0.25) is 0 Å². The fraction of sp³-hybridized carbons (Fsp3) is 0.600. The molecular formula is C15H24N2O2. The maximum atomic E-state index is 5.71. The highest BCUT2D eigenvalue weighted by Gasteiger charge is 2.29. The Bertz CT molecular complexity index is 390. The van der Waals surface area contributed by atoms with Crippen LogP contribution in [0.4, 0.5) is 5.69 Å². The van der Waals surface area contributed by atoms with Gasteiger partial charge in [-0.2, -0.15) is 0 Å². The number of rotatable bonds is 5. The molecule has 2 N–H and O–H groups in total. The summed E-state index contributed by atoms with van der Waals surface area (Å²) in [5, 5.41) is 0. The van der Waals surface area contributed by atoms with Gasteiger partial charge in [-0.3, -0.25) is 4.90 Å². The summed E-state index contributed by atoms with van der Waals surface area (Å²) >= 11 is 0. The smallest absolute Gasteiger partial charge is 0.119 e. The summed E-state index contributed by atoms with van der Waals surface area (Å²) < 4.78 is 11.2. The number of benzene rings is 1. The molecule has 0 spiro atoms. The van der Waals surface area contributed by atoms with Crippen LogP contribution in [0, 0.1) is 0 Å². The van der Waals surface area contributed by atoms with E-state index >= 15 is 0 Å². The Morgan fingerprint density at radius 2 is 2.05 bits per heavy atom. The van der Waals surface area contributed by atoms with E-state index in [-0.39, 0.29) is 5.54 Å². The van der Waals surface area contributed by atoms with Gasteiger partial charge in [0.15, 0.2) is 0 Å². The van der Waals surface area contributed by atoms with E-state index in [0.717, 1.165) is 50.8 Å². The molecule has 0 aliphatic carbocycles. The van der Waals surface area contributed by atoms with Gasteiger partial charge in [-0.25, -0.2) is 0 Å². The van der Waals surface area contributed by atoms with Crippen LogP contribution < -0.4 is 10.5 Å². The van der Waals surface area contributed by atoms with E-state index in [2.05, 4.69) is 18.7 Å². The van der Waals surface area contributed by atoms with Crippen molar-refractivity contribution in [3.63, 3.8) is 0 Å². The molecule has 0 bridgehead atoms. The maximum Gasteiger partial charge on any atom is 0.119 e. The molecular weight excluding hydrogens is 240 g/mol. The standard InChI is InChI=1S/C15H24N2O2/c1-15(2)12-18-11-9-17(15)8-3-10-19-14-6-4-13(16)5-7-14/h4-7H,3,8-12,16H2,1-2H3. The predicted molar refractivity (Wildman–Crippen MR) is 77.4 cm³/mol.